The molecular weight excluding hydrogens is 438 g/mol. The fraction of sp³-hybridized carbons (Fsp3) is 0.273. The van der Waals surface area contributed by atoms with Gasteiger partial charge < -0.3 is 4.90 Å². The summed E-state index contributed by atoms with van der Waals surface area (Å²) in [5.41, 5.74) is 2.09. The predicted molar refractivity (Wildman–Crippen MR) is 114 cm³/mol. The summed E-state index contributed by atoms with van der Waals surface area (Å²) in [6.07, 6.45) is 2.12. The number of aromatic nitrogens is 2. The second-order valence-corrected chi connectivity index (χ2v) is 9.28. The van der Waals surface area contributed by atoms with E-state index < -0.39 is 26.6 Å². The van der Waals surface area contributed by atoms with Crippen molar-refractivity contribution in [1.29, 1.82) is 0 Å². The second kappa shape index (κ2) is 8.79. The Bertz CT molecular complexity index is 1240. The quantitative estimate of drug-likeness (QED) is 0.587. The summed E-state index contributed by atoms with van der Waals surface area (Å²) in [6, 6.07) is 11.9. The number of carbonyl (C=O) groups is 1. The Morgan fingerprint density at radius 1 is 1.03 bits per heavy atom. The molecule has 0 radical (unpaired) electrons. The highest BCUT2D eigenvalue weighted by molar-refractivity contribution is 7.89. The van der Waals surface area contributed by atoms with Gasteiger partial charge in [-0.25, -0.2) is 21.9 Å². The van der Waals surface area contributed by atoms with Crippen molar-refractivity contribution in [3.8, 4) is 5.69 Å². The molecule has 1 aliphatic heterocycles. The Labute approximate surface area is 184 Å². The molecule has 1 amide bonds. The van der Waals surface area contributed by atoms with Gasteiger partial charge in [0.25, 0.3) is 5.91 Å². The molecule has 3 aromatic rings. The van der Waals surface area contributed by atoms with E-state index >= 15 is 0 Å². The van der Waals surface area contributed by atoms with Gasteiger partial charge in [0.15, 0.2) is 0 Å². The third kappa shape index (κ3) is 4.03. The molecule has 1 aromatic heterocycles. The standard InChI is InChI=1S/C22H22F2N4O3S/c1-2-20-18(15-25-28(20)17-6-4-3-5-7-17)22(29)26-10-12-27(13-11-26)32(30,31)21-9-8-16(23)14-19(21)24/h3-9,14-15H,2,10-13H2,1H3. The summed E-state index contributed by atoms with van der Waals surface area (Å²) < 4.78 is 55.6. The van der Waals surface area contributed by atoms with E-state index in [4.69, 9.17) is 0 Å². The van der Waals surface area contributed by atoms with Gasteiger partial charge in [-0.2, -0.15) is 9.40 Å². The van der Waals surface area contributed by atoms with Crippen molar-refractivity contribution in [2.24, 2.45) is 0 Å². The lowest BCUT2D eigenvalue weighted by Gasteiger charge is -2.34. The molecule has 1 aliphatic rings. The van der Waals surface area contributed by atoms with E-state index in [0.717, 1.165) is 27.8 Å². The van der Waals surface area contributed by atoms with Crippen LogP contribution < -0.4 is 0 Å². The van der Waals surface area contributed by atoms with Gasteiger partial charge in [0.2, 0.25) is 10.0 Å². The SMILES string of the molecule is CCc1c(C(=O)N2CCN(S(=O)(=O)c3ccc(F)cc3F)CC2)cnn1-c1ccccc1. The third-order valence-electron chi connectivity index (χ3n) is 5.47. The molecule has 0 atom stereocenters. The number of carbonyl (C=O) groups excluding carboxylic acids is 1. The van der Waals surface area contributed by atoms with Crippen molar-refractivity contribution in [1.82, 2.24) is 19.0 Å². The minimum atomic E-state index is -4.13. The number of halogens is 2. The van der Waals surface area contributed by atoms with Gasteiger partial charge in [-0.05, 0) is 30.7 Å². The maximum atomic E-state index is 14.0. The Morgan fingerprint density at radius 3 is 2.34 bits per heavy atom. The van der Waals surface area contributed by atoms with E-state index in [0.29, 0.717) is 18.1 Å². The summed E-state index contributed by atoms with van der Waals surface area (Å²) in [7, 11) is -4.13. The van der Waals surface area contributed by atoms with Gasteiger partial charge in [-0.1, -0.05) is 25.1 Å². The highest BCUT2D eigenvalue weighted by Gasteiger charge is 2.33. The molecule has 2 heterocycles. The van der Waals surface area contributed by atoms with Crippen LogP contribution in [0.4, 0.5) is 8.78 Å². The first-order valence-corrected chi connectivity index (χ1v) is 11.6. The molecule has 4 rings (SSSR count). The van der Waals surface area contributed by atoms with E-state index in [1.807, 2.05) is 37.3 Å². The van der Waals surface area contributed by atoms with E-state index in [2.05, 4.69) is 5.10 Å². The fourth-order valence-electron chi connectivity index (χ4n) is 3.81. The highest BCUT2D eigenvalue weighted by atomic mass is 32.2. The molecule has 168 valence electrons. The summed E-state index contributed by atoms with van der Waals surface area (Å²) in [5.74, 6) is -2.21. The van der Waals surface area contributed by atoms with Gasteiger partial charge >= 0.3 is 0 Å². The summed E-state index contributed by atoms with van der Waals surface area (Å²) in [4.78, 5) is 14.1. The van der Waals surface area contributed by atoms with E-state index in [9.17, 15) is 22.0 Å². The number of benzene rings is 2. The van der Waals surface area contributed by atoms with Crippen LogP contribution >= 0.6 is 0 Å². The van der Waals surface area contributed by atoms with Gasteiger partial charge in [-0.3, -0.25) is 4.79 Å². The molecule has 0 bridgehead atoms. The Morgan fingerprint density at radius 2 is 1.72 bits per heavy atom. The Kier molecular flexibility index (Phi) is 6.07. The molecule has 0 unspecified atom stereocenters. The number of nitrogens with zero attached hydrogens (tertiary/aromatic N) is 4. The molecule has 1 fully saturated rings. The largest absolute Gasteiger partial charge is 0.336 e. The Hall–Kier alpha value is -3.11. The third-order valence-corrected chi connectivity index (χ3v) is 7.40. The van der Waals surface area contributed by atoms with Crippen LogP contribution in [0.1, 0.15) is 23.0 Å². The average molecular weight is 461 g/mol. The number of sulfonamides is 1. The van der Waals surface area contributed by atoms with E-state index in [1.54, 1.807) is 9.58 Å². The van der Waals surface area contributed by atoms with Gasteiger partial charge in [0, 0.05) is 32.2 Å². The van der Waals surface area contributed by atoms with Crippen molar-refractivity contribution in [2.45, 2.75) is 18.2 Å². The first-order valence-electron chi connectivity index (χ1n) is 10.2. The summed E-state index contributed by atoms with van der Waals surface area (Å²) in [5, 5.41) is 4.37. The van der Waals surface area contributed by atoms with Crippen LogP contribution in [0.5, 0.6) is 0 Å². The molecule has 0 spiro atoms. The maximum Gasteiger partial charge on any atom is 0.257 e. The van der Waals surface area contributed by atoms with Crippen LogP contribution in [0.15, 0.2) is 59.6 Å². The van der Waals surface area contributed by atoms with Gasteiger partial charge in [0.1, 0.15) is 16.5 Å². The van der Waals surface area contributed by atoms with Crippen LogP contribution in [-0.2, 0) is 16.4 Å². The van der Waals surface area contributed by atoms with E-state index in [-0.39, 0.29) is 32.1 Å². The number of piperazine rings is 1. The number of para-hydroxylation sites is 1. The lowest BCUT2D eigenvalue weighted by atomic mass is 10.1. The normalized spacial score (nSPS) is 15.2. The van der Waals surface area contributed by atoms with Crippen molar-refractivity contribution < 1.29 is 22.0 Å². The lowest BCUT2D eigenvalue weighted by Crippen LogP contribution is -2.50. The van der Waals surface area contributed by atoms with Crippen LogP contribution in [0.25, 0.3) is 5.69 Å². The molecule has 0 saturated carbocycles. The maximum absolute atomic E-state index is 14.0. The zero-order valence-electron chi connectivity index (χ0n) is 17.4. The lowest BCUT2D eigenvalue weighted by molar-refractivity contribution is 0.0696. The molecule has 0 N–H and O–H groups in total. The van der Waals surface area contributed by atoms with Crippen molar-refractivity contribution in [3.63, 3.8) is 0 Å². The summed E-state index contributed by atoms with van der Waals surface area (Å²) in [6.45, 7) is 2.27. The zero-order chi connectivity index (χ0) is 22.9. The number of hydrogen-bond donors (Lipinski definition) is 0. The monoisotopic (exact) mass is 460 g/mol. The van der Waals surface area contributed by atoms with Crippen LogP contribution in [-0.4, -0.2) is 59.5 Å². The number of hydrogen-bond acceptors (Lipinski definition) is 4. The van der Waals surface area contributed by atoms with Crippen molar-refractivity contribution in [2.75, 3.05) is 26.2 Å². The first kappa shape index (κ1) is 22.1. The molecule has 10 heteroatoms. The van der Waals surface area contributed by atoms with E-state index in [1.165, 1.54) is 6.20 Å². The summed E-state index contributed by atoms with van der Waals surface area (Å²) >= 11 is 0. The molecular formula is C22H22F2N4O3S. The number of rotatable bonds is 5. The topological polar surface area (TPSA) is 75.5 Å². The smallest absolute Gasteiger partial charge is 0.257 e. The molecule has 32 heavy (non-hydrogen) atoms. The fourth-order valence-corrected chi connectivity index (χ4v) is 5.28. The van der Waals surface area contributed by atoms with Crippen LogP contribution in [0.2, 0.25) is 0 Å². The van der Waals surface area contributed by atoms with Crippen molar-refractivity contribution >= 4 is 15.9 Å². The molecule has 0 aliphatic carbocycles. The van der Waals surface area contributed by atoms with Crippen molar-refractivity contribution in [3.05, 3.63) is 77.6 Å². The highest BCUT2D eigenvalue weighted by Crippen LogP contribution is 2.23. The molecule has 1 saturated heterocycles. The average Bonchev–Trinajstić information content (AvgIpc) is 3.23. The minimum absolute atomic E-state index is 0.0131. The van der Waals surface area contributed by atoms with Crippen LogP contribution in [0.3, 0.4) is 0 Å². The van der Waals surface area contributed by atoms with Gasteiger partial charge in [-0.15, -0.1) is 0 Å². The second-order valence-electron chi connectivity index (χ2n) is 7.38. The predicted octanol–water partition coefficient (Wildman–Crippen LogP) is 2.86. The zero-order valence-corrected chi connectivity index (χ0v) is 18.2. The molecule has 7 nitrogen and oxygen atoms in total. The van der Waals surface area contributed by atoms with Crippen LogP contribution in [0, 0.1) is 11.6 Å². The Balaban J connectivity index is 1.50. The first-order chi connectivity index (χ1) is 15.3. The molecule has 2 aromatic carbocycles. The van der Waals surface area contributed by atoms with Gasteiger partial charge in [0.05, 0.1) is 23.1 Å². The minimum Gasteiger partial charge on any atom is -0.336 e. The number of amides is 1.